The predicted molar refractivity (Wildman–Crippen MR) is 254 cm³/mol. The van der Waals surface area contributed by atoms with Crippen LogP contribution in [0.4, 0.5) is 40.9 Å². The molecule has 0 saturated carbocycles. The molecule has 8 aromatic rings. The van der Waals surface area contributed by atoms with Crippen LogP contribution >= 0.6 is 0 Å². The molecular weight excluding hydrogens is 1010 g/mol. The fourth-order valence-electron chi connectivity index (χ4n) is 7.85. The summed E-state index contributed by atoms with van der Waals surface area (Å²) in [4.78, 5) is 60.2. The molecule has 29 heteroatoms. The van der Waals surface area contributed by atoms with Gasteiger partial charge in [0.2, 0.25) is 23.8 Å². The second-order valence-corrected chi connectivity index (χ2v) is 21.3. The summed E-state index contributed by atoms with van der Waals surface area (Å²) in [6, 6.07) is 20.8. The van der Waals surface area contributed by atoms with E-state index in [1.165, 1.54) is 55.6 Å². The van der Waals surface area contributed by atoms with Crippen LogP contribution in [0.5, 0.6) is 0 Å². The predicted octanol–water partition coefficient (Wildman–Crippen LogP) is 4.31. The molecule has 0 unspecified atom stereocenters. The van der Waals surface area contributed by atoms with Crippen LogP contribution in [0.3, 0.4) is 0 Å². The summed E-state index contributed by atoms with van der Waals surface area (Å²) in [5.74, 6) is -3.65. The number of aromatic nitrogens is 6. The highest BCUT2D eigenvalue weighted by molar-refractivity contribution is 7.87. The summed E-state index contributed by atoms with van der Waals surface area (Å²) in [5.41, 5.74) is -2.35. The van der Waals surface area contributed by atoms with Gasteiger partial charge in [0.05, 0.1) is 55.4 Å². The van der Waals surface area contributed by atoms with Gasteiger partial charge in [-0.1, -0.05) is 48.5 Å². The first kappa shape index (κ1) is 48.0. The second kappa shape index (κ2) is 17.4. The number of fused-ring (bicyclic) bond motifs is 3. The van der Waals surface area contributed by atoms with Gasteiger partial charge >= 0.3 is 0 Å². The minimum Gasteiger partial charge on any atom is -0.354 e. The minimum atomic E-state index is -5.44. The van der Waals surface area contributed by atoms with Crippen molar-refractivity contribution in [3.05, 3.63) is 130 Å². The van der Waals surface area contributed by atoms with Crippen LogP contribution in [0.2, 0.25) is 0 Å². The van der Waals surface area contributed by atoms with Gasteiger partial charge in [0.25, 0.3) is 46.0 Å². The molecule has 0 fully saturated rings. The maximum atomic E-state index is 14.7. The average Bonchev–Trinajstić information content (AvgIpc) is 3.70. The van der Waals surface area contributed by atoms with E-state index in [2.05, 4.69) is 46.2 Å². The van der Waals surface area contributed by atoms with Crippen LogP contribution in [-0.2, 0) is 47.5 Å². The molecular formula is C42H32N10O15S4. The SMILES string of the molecule is Cn1c(=O)c(C(=O)c2cccc(S(=O)(=O)O)c2)c2c3c(c(Nc4cc(Nc5nc(NCCS(=O)(=O)O)nc(Nc6nc7ccccc7[nH]6)n5)c(S(=O)(=O)O)cc4S(=O)(=O)O)ccc31)C(=O)c1ccccc1-2. The number of benzene rings is 5. The molecule has 1 aliphatic carbocycles. The van der Waals surface area contributed by atoms with Crippen molar-refractivity contribution in [1.29, 1.82) is 0 Å². The largest absolute Gasteiger partial charge is 0.354 e. The average molecular weight is 1050 g/mol. The summed E-state index contributed by atoms with van der Waals surface area (Å²) in [6.45, 7) is -0.455. The van der Waals surface area contributed by atoms with Crippen LogP contribution in [-0.4, -0.2) is 105 Å². The number of aromatic amines is 1. The zero-order chi connectivity index (χ0) is 50.9. The van der Waals surface area contributed by atoms with Gasteiger partial charge in [0.1, 0.15) is 9.79 Å². The number of imidazole rings is 1. The van der Waals surface area contributed by atoms with E-state index in [-0.39, 0.29) is 62.3 Å². The van der Waals surface area contributed by atoms with Crippen molar-refractivity contribution in [2.75, 3.05) is 33.6 Å². The molecule has 71 heavy (non-hydrogen) atoms. The lowest BCUT2D eigenvalue weighted by molar-refractivity contribution is 0.102. The summed E-state index contributed by atoms with van der Waals surface area (Å²) in [5, 5.41) is 10.6. The summed E-state index contributed by atoms with van der Waals surface area (Å²) >= 11 is 0. The number of nitrogens with zero attached hydrogens (tertiary/aromatic N) is 5. The Morgan fingerprint density at radius 2 is 1.27 bits per heavy atom. The number of hydrogen-bond acceptors (Lipinski definition) is 19. The van der Waals surface area contributed by atoms with Crippen molar-refractivity contribution in [3.8, 4) is 11.1 Å². The van der Waals surface area contributed by atoms with Crippen LogP contribution in [0.1, 0.15) is 31.8 Å². The lowest BCUT2D eigenvalue weighted by Gasteiger charge is -2.26. The van der Waals surface area contributed by atoms with Gasteiger partial charge in [0.15, 0.2) is 11.6 Å². The number of carbonyl (C=O) groups excluding carboxylic acids is 2. The number of hydrogen-bond donors (Lipinski definition) is 9. The van der Waals surface area contributed by atoms with E-state index in [0.717, 1.165) is 22.8 Å². The van der Waals surface area contributed by atoms with Gasteiger partial charge in [0, 0.05) is 35.7 Å². The first-order chi connectivity index (χ1) is 33.4. The molecule has 3 heterocycles. The topological polar surface area (TPSA) is 389 Å². The smallest absolute Gasteiger partial charge is 0.296 e. The molecule has 9 N–H and O–H groups in total. The van der Waals surface area contributed by atoms with Gasteiger partial charge in [-0.05, 0) is 54.1 Å². The quantitative estimate of drug-likeness (QED) is 0.0510. The lowest BCUT2D eigenvalue weighted by atomic mass is 9.80. The van der Waals surface area contributed by atoms with Crippen molar-refractivity contribution in [1.82, 2.24) is 29.5 Å². The van der Waals surface area contributed by atoms with E-state index in [9.17, 15) is 66.3 Å². The molecule has 5 aromatic carbocycles. The number of para-hydroxylation sites is 2. The van der Waals surface area contributed by atoms with Crippen LogP contribution in [0.25, 0.3) is 33.1 Å². The van der Waals surface area contributed by atoms with E-state index in [4.69, 9.17) is 0 Å². The van der Waals surface area contributed by atoms with Crippen molar-refractivity contribution in [3.63, 3.8) is 0 Å². The van der Waals surface area contributed by atoms with E-state index in [1.54, 1.807) is 24.3 Å². The van der Waals surface area contributed by atoms with Crippen molar-refractivity contribution < 1.29 is 61.5 Å². The Morgan fingerprint density at radius 3 is 1.93 bits per heavy atom. The summed E-state index contributed by atoms with van der Waals surface area (Å²) in [7, 11) is -18.9. The van der Waals surface area contributed by atoms with Crippen LogP contribution in [0, 0.1) is 0 Å². The van der Waals surface area contributed by atoms with E-state index >= 15 is 0 Å². The number of anilines is 7. The van der Waals surface area contributed by atoms with Crippen LogP contribution in [0.15, 0.2) is 117 Å². The number of nitrogens with one attached hydrogen (secondary N) is 5. The third-order valence-corrected chi connectivity index (χ3v) is 14.3. The normalized spacial score (nSPS) is 12.7. The van der Waals surface area contributed by atoms with Gasteiger partial charge in [-0.3, -0.25) is 37.9 Å². The van der Waals surface area contributed by atoms with Crippen molar-refractivity contribution in [2.24, 2.45) is 7.05 Å². The first-order valence-corrected chi connectivity index (χ1v) is 26.1. The molecule has 0 aliphatic heterocycles. The van der Waals surface area contributed by atoms with Gasteiger partial charge in [-0.15, -0.1) is 0 Å². The Kier molecular flexibility index (Phi) is 11.8. The van der Waals surface area contributed by atoms with Crippen LogP contribution < -0.4 is 26.8 Å². The van der Waals surface area contributed by atoms with Crippen molar-refractivity contribution >= 4 is 115 Å². The molecule has 9 rings (SSSR count). The molecule has 25 nitrogen and oxygen atoms in total. The minimum absolute atomic E-state index is 0.0277. The second-order valence-electron chi connectivity index (χ2n) is 15.5. The molecule has 1 aliphatic rings. The fraction of sp³-hybridized carbons (Fsp3) is 0.0714. The monoisotopic (exact) mass is 1040 g/mol. The third-order valence-electron chi connectivity index (χ3n) is 10.9. The third kappa shape index (κ3) is 9.40. The molecule has 3 aromatic heterocycles. The van der Waals surface area contributed by atoms with Gasteiger partial charge < -0.3 is 25.5 Å². The lowest BCUT2D eigenvalue weighted by Crippen LogP contribution is -2.29. The molecule has 0 saturated heterocycles. The fourth-order valence-corrected chi connectivity index (χ4v) is 10.1. The van der Waals surface area contributed by atoms with E-state index < -0.39 is 107 Å². The highest BCUT2D eigenvalue weighted by Gasteiger charge is 2.35. The Hall–Kier alpha value is -8.03. The highest BCUT2D eigenvalue weighted by Crippen LogP contribution is 2.45. The zero-order valence-corrected chi connectivity index (χ0v) is 39.1. The van der Waals surface area contributed by atoms with Gasteiger partial charge in [-0.25, -0.2) is 4.98 Å². The number of aryl methyl sites for hydroxylation is 1. The van der Waals surface area contributed by atoms with Gasteiger partial charge in [-0.2, -0.15) is 48.6 Å². The Labute approximate surface area is 400 Å². The Bertz CT molecular complexity index is 4130. The van der Waals surface area contributed by atoms with E-state index in [1.807, 2.05) is 0 Å². The summed E-state index contributed by atoms with van der Waals surface area (Å²) in [6.07, 6.45) is 0. The Balaban J connectivity index is 1.21. The van der Waals surface area contributed by atoms with Crippen molar-refractivity contribution in [2.45, 2.75) is 14.7 Å². The zero-order valence-electron chi connectivity index (χ0n) is 35.8. The number of H-pyrrole nitrogens is 1. The van der Waals surface area contributed by atoms with E-state index in [0.29, 0.717) is 17.1 Å². The maximum absolute atomic E-state index is 14.7. The number of ketones is 2. The number of pyridine rings is 1. The molecule has 0 amide bonds. The number of rotatable bonds is 15. The first-order valence-electron chi connectivity index (χ1n) is 20.2. The maximum Gasteiger partial charge on any atom is 0.296 e. The standard InChI is InChI=1S/C42H32N10O15S4/c1-52-29-14-13-26(33-34(29)32(22-9-2-3-10-23(22)37(33)54)35(38(52)55)36(53)20-7-6-8-21(17-20)69(59,60)61)44-27-18-28(31(71(65,66)67)19-30(27)70(62,63)64)47-41-48-39(43-15-16-68(56,57)58)49-42(51-41)50-40-45-24-11-4-5-12-25(24)46-40/h2-14,17-19,44H,15-16H2,1H3,(H,56,57,58)(H,59,60,61)(H,62,63,64)(H,65,66,67)(H4,43,45,46,47,48,49,50,51). The molecule has 0 bridgehead atoms. The highest BCUT2D eigenvalue weighted by atomic mass is 32.2. The molecule has 0 radical (unpaired) electrons. The summed E-state index contributed by atoms with van der Waals surface area (Å²) < 4.78 is 140. The Morgan fingerprint density at radius 1 is 0.634 bits per heavy atom. The molecule has 0 spiro atoms. The molecule has 364 valence electrons. The molecule has 0 atom stereocenters. The number of carbonyl (C=O) groups is 2.